The Bertz CT molecular complexity index is 470. The van der Waals surface area contributed by atoms with Gasteiger partial charge in [-0.15, -0.1) is 0 Å². The molecule has 1 N–H and O–H groups in total. The largest absolute Gasteiger partial charge is 0.391 e. The van der Waals surface area contributed by atoms with Crippen molar-refractivity contribution in [2.45, 2.75) is 38.5 Å². The molecule has 0 radical (unpaired) electrons. The number of anilines is 1. The first-order valence-electron chi connectivity index (χ1n) is 6.81. The lowest BCUT2D eigenvalue weighted by Gasteiger charge is -2.43. The highest BCUT2D eigenvalue weighted by molar-refractivity contribution is 6.30. The van der Waals surface area contributed by atoms with Crippen molar-refractivity contribution >= 4 is 17.4 Å². The molecule has 2 aliphatic heterocycles. The zero-order valence-corrected chi connectivity index (χ0v) is 11.8. The number of aliphatic hydroxyl groups excluding tert-OH is 1. The zero-order chi connectivity index (χ0) is 13.4. The Labute approximate surface area is 118 Å². The van der Waals surface area contributed by atoms with Crippen molar-refractivity contribution in [1.29, 1.82) is 0 Å². The smallest absolute Gasteiger partial charge is 0.140 e. The predicted molar refractivity (Wildman–Crippen MR) is 74.4 cm³/mol. The van der Waals surface area contributed by atoms with Crippen molar-refractivity contribution in [1.82, 2.24) is 14.9 Å². The summed E-state index contributed by atoms with van der Waals surface area (Å²) in [5.41, 5.74) is 0.641. The van der Waals surface area contributed by atoms with E-state index in [2.05, 4.69) is 26.7 Å². The third-order valence-electron chi connectivity index (χ3n) is 4.24. The van der Waals surface area contributed by atoms with E-state index < -0.39 is 0 Å². The van der Waals surface area contributed by atoms with Crippen molar-refractivity contribution in [3.05, 3.63) is 17.0 Å². The van der Waals surface area contributed by atoms with Crippen molar-refractivity contribution < 1.29 is 5.11 Å². The molecule has 1 aromatic rings. The summed E-state index contributed by atoms with van der Waals surface area (Å²) in [6.45, 7) is 5.30. The quantitative estimate of drug-likeness (QED) is 0.829. The lowest BCUT2D eigenvalue weighted by molar-refractivity contribution is 0.201. The standard InChI is InChI=1S/C13H19ClN4O/c1-9-5-17-4-2-3-10(17)6-18(9)13-11(7-19)12(14)15-8-16-13/h8-10,19H,2-7H2,1H3. The van der Waals surface area contributed by atoms with Gasteiger partial charge < -0.3 is 10.0 Å². The normalized spacial score (nSPS) is 27.6. The van der Waals surface area contributed by atoms with Crippen LogP contribution >= 0.6 is 11.6 Å². The molecule has 3 heterocycles. The first-order valence-corrected chi connectivity index (χ1v) is 7.19. The summed E-state index contributed by atoms with van der Waals surface area (Å²) in [4.78, 5) is 13.1. The fourth-order valence-corrected chi connectivity index (χ4v) is 3.44. The Morgan fingerprint density at radius 3 is 3.05 bits per heavy atom. The molecule has 0 bridgehead atoms. The first-order chi connectivity index (χ1) is 9.20. The van der Waals surface area contributed by atoms with Gasteiger partial charge in [-0.3, -0.25) is 4.90 Å². The van der Waals surface area contributed by atoms with Crippen LogP contribution in [0.2, 0.25) is 5.15 Å². The molecule has 2 fully saturated rings. The van der Waals surface area contributed by atoms with E-state index in [9.17, 15) is 5.11 Å². The van der Waals surface area contributed by atoms with Crippen LogP contribution in [0.3, 0.4) is 0 Å². The molecule has 1 aromatic heterocycles. The van der Waals surface area contributed by atoms with E-state index in [1.54, 1.807) is 0 Å². The summed E-state index contributed by atoms with van der Waals surface area (Å²) in [7, 11) is 0. The summed E-state index contributed by atoms with van der Waals surface area (Å²) in [6.07, 6.45) is 4.00. The maximum atomic E-state index is 9.50. The molecule has 0 saturated carbocycles. The van der Waals surface area contributed by atoms with Crippen LogP contribution in [0, 0.1) is 0 Å². The number of fused-ring (bicyclic) bond motifs is 1. The third-order valence-corrected chi connectivity index (χ3v) is 4.56. The minimum Gasteiger partial charge on any atom is -0.391 e. The number of aliphatic hydroxyl groups is 1. The van der Waals surface area contributed by atoms with Crippen LogP contribution in [0.4, 0.5) is 5.82 Å². The Hall–Kier alpha value is -0.910. The van der Waals surface area contributed by atoms with Gasteiger partial charge in [0.05, 0.1) is 12.2 Å². The van der Waals surface area contributed by atoms with E-state index >= 15 is 0 Å². The molecule has 2 aliphatic rings. The van der Waals surface area contributed by atoms with Gasteiger partial charge in [0.25, 0.3) is 0 Å². The van der Waals surface area contributed by atoms with Crippen LogP contribution in [0.15, 0.2) is 6.33 Å². The summed E-state index contributed by atoms with van der Waals surface area (Å²) in [5, 5.41) is 9.86. The molecule has 2 unspecified atom stereocenters. The van der Waals surface area contributed by atoms with Crippen LogP contribution in [-0.4, -0.2) is 51.7 Å². The van der Waals surface area contributed by atoms with Crippen molar-refractivity contribution in [3.8, 4) is 0 Å². The molecule has 19 heavy (non-hydrogen) atoms. The van der Waals surface area contributed by atoms with Crippen LogP contribution in [0.5, 0.6) is 0 Å². The van der Waals surface area contributed by atoms with Crippen molar-refractivity contribution in [2.24, 2.45) is 0 Å². The van der Waals surface area contributed by atoms with E-state index in [0.29, 0.717) is 22.8 Å². The van der Waals surface area contributed by atoms with E-state index in [-0.39, 0.29) is 6.61 Å². The number of rotatable bonds is 2. The molecule has 0 aliphatic carbocycles. The predicted octanol–water partition coefficient (Wildman–Crippen LogP) is 1.30. The molecule has 0 amide bonds. The van der Waals surface area contributed by atoms with Gasteiger partial charge in [0, 0.05) is 25.2 Å². The number of nitrogens with zero attached hydrogens (tertiary/aromatic N) is 4. The van der Waals surface area contributed by atoms with Crippen molar-refractivity contribution in [2.75, 3.05) is 24.5 Å². The fraction of sp³-hybridized carbons (Fsp3) is 0.692. The number of aromatic nitrogens is 2. The lowest BCUT2D eigenvalue weighted by Crippen LogP contribution is -2.55. The number of halogens is 1. The maximum absolute atomic E-state index is 9.50. The van der Waals surface area contributed by atoms with Crippen LogP contribution in [0.1, 0.15) is 25.3 Å². The average molecular weight is 283 g/mol. The second-order valence-electron chi connectivity index (χ2n) is 5.42. The van der Waals surface area contributed by atoms with E-state index in [0.717, 1.165) is 18.9 Å². The van der Waals surface area contributed by atoms with Gasteiger partial charge in [0.15, 0.2) is 0 Å². The lowest BCUT2D eigenvalue weighted by atomic mass is 10.1. The molecule has 0 aromatic carbocycles. The SMILES string of the molecule is CC1CN2CCCC2CN1c1ncnc(Cl)c1CO. The Kier molecular flexibility index (Phi) is 3.60. The molecule has 6 heteroatoms. The first kappa shape index (κ1) is 13.1. The van der Waals surface area contributed by atoms with E-state index in [1.807, 2.05) is 0 Å². The van der Waals surface area contributed by atoms with E-state index in [1.165, 1.54) is 25.7 Å². The minimum atomic E-state index is -0.118. The van der Waals surface area contributed by atoms with E-state index in [4.69, 9.17) is 11.6 Å². The summed E-state index contributed by atoms with van der Waals surface area (Å²) < 4.78 is 0. The minimum absolute atomic E-state index is 0.118. The highest BCUT2D eigenvalue weighted by Crippen LogP contribution is 2.31. The monoisotopic (exact) mass is 282 g/mol. The average Bonchev–Trinajstić information content (AvgIpc) is 2.84. The second-order valence-corrected chi connectivity index (χ2v) is 5.78. The molecular formula is C13H19ClN4O. The maximum Gasteiger partial charge on any atom is 0.140 e. The van der Waals surface area contributed by atoms with Gasteiger partial charge in [-0.2, -0.15) is 0 Å². The summed E-state index contributed by atoms with van der Waals surface area (Å²) in [5.74, 6) is 0.793. The van der Waals surface area contributed by atoms with Gasteiger partial charge in [-0.25, -0.2) is 9.97 Å². The van der Waals surface area contributed by atoms with Gasteiger partial charge >= 0.3 is 0 Å². The Balaban J connectivity index is 1.91. The number of hydrogen-bond donors (Lipinski definition) is 1. The number of piperazine rings is 1. The topological polar surface area (TPSA) is 52.5 Å². The molecular weight excluding hydrogens is 264 g/mol. The molecule has 2 atom stereocenters. The number of hydrogen-bond acceptors (Lipinski definition) is 5. The molecule has 5 nitrogen and oxygen atoms in total. The Morgan fingerprint density at radius 1 is 1.42 bits per heavy atom. The summed E-state index contributed by atoms with van der Waals surface area (Å²) in [6, 6.07) is 0.988. The van der Waals surface area contributed by atoms with Gasteiger partial charge in [0.1, 0.15) is 17.3 Å². The van der Waals surface area contributed by atoms with Crippen LogP contribution < -0.4 is 4.90 Å². The van der Waals surface area contributed by atoms with Crippen LogP contribution in [-0.2, 0) is 6.61 Å². The zero-order valence-electron chi connectivity index (χ0n) is 11.1. The molecule has 104 valence electrons. The highest BCUT2D eigenvalue weighted by Gasteiger charge is 2.35. The van der Waals surface area contributed by atoms with Gasteiger partial charge in [-0.05, 0) is 26.3 Å². The third kappa shape index (κ3) is 2.30. The second kappa shape index (κ2) is 5.23. The van der Waals surface area contributed by atoms with Crippen LogP contribution in [0.25, 0.3) is 0 Å². The van der Waals surface area contributed by atoms with Gasteiger partial charge in [-0.1, -0.05) is 11.6 Å². The molecule has 2 saturated heterocycles. The molecule has 3 rings (SSSR count). The Morgan fingerprint density at radius 2 is 2.26 bits per heavy atom. The van der Waals surface area contributed by atoms with Gasteiger partial charge in [0.2, 0.25) is 0 Å². The highest BCUT2D eigenvalue weighted by atomic mass is 35.5. The summed E-state index contributed by atoms with van der Waals surface area (Å²) >= 11 is 6.06. The molecule has 0 spiro atoms. The van der Waals surface area contributed by atoms with Crippen molar-refractivity contribution in [3.63, 3.8) is 0 Å². The fourth-order valence-electron chi connectivity index (χ4n) is 3.25.